The Morgan fingerprint density at radius 3 is 2.70 bits per heavy atom. The first kappa shape index (κ1) is 15.4. The SMILES string of the molecule is O=C(O)CC1CCN(C(=O)CSc2ccc(Br)cc2)C1. The molecular formula is C14H16BrNO3S. The minimum Gasteiger partial charge on any atom is -0.481 e. The first-order valence-corrected chi connectivity index (χ1v) is 8.20. The van der Waals surface area contributed by atoms with Crippen LogP contribution in [0, 0.1) is 5.92 Å². The van der Waals surface area contributed by atoms with Crippen LogP contribution in [0.4, 0.5) is 0 Å². The molecule has 0 aliphatic carbocycles. The lowest BCUT2D eigenvalue weighted by atomic mass is 10.1. The molecule has 0 saturated carbocycles. The van der Waals surface area contributed by atoms with Gasteiger partial charge in [-0.3, -0.25) is 9.59 Å². The van der Waals surface area contributed by atoms with Crippen LogP contribution in [0.2, 0.25) is 0 Å². The fourth-order valence-electron chi connectivity index (χ4n) is 2.24. The van der Waals surface area contributed by atoms with Crippen molar-refractivity contribution in [2.75, 3.05) is 18.8 Å². The Balaban J connectivity index is 1.78. The second-order valence-electron chi connectivity index (χ2n) is 4.83. The number of benzene rings is 1. The number of aliphatic carboxylic acids is 1. The number of rotatable bonds is 5. The summed E-state index contributed by atoms with van der Waals surface area (Å²) in [6.45, 7) is 1.25. The summed E-state index contributed by atoms with van der Waals surface area (Å²) in [7, 11) is 0. The molecule has 2 rings (SSSR count). The fourth-order valence-corrected chi connectivity index (χ4v) is 3.31. The molecule has 0 radical (unpaired) electrons. The van der Waals surface area contributed by atoms with Gasteiger partial charge in [0.05, 0.1) is 5.75 Å². The van der Waals surface area contributed by atoms with Crippen molar-refractivity contribution in [2.24, 2.45) is 5.92 Å². The monoisotopic (exact) mass is 357 g/mol. The van der Waals surface area contributed by atoms with Gasteiger partial charge in [0.2, 0.25) is 5.91 Å². The van der Waals surface area contributed by atoms with Crippen LogP contribution in [0.3, 0.4) is 0 Å². The van der Waals surface area contributed by atoms with Gasteiger partial charge in [0.1, 0.15) is 0 Å². The van der Waals surface area contributed by atoms with Crippen molar-refractivity contribution in [2.45, 2.75) is 17.7 Å². The summed E-state index contributed by atoms with van der Waals surface area (Å²) >= 11 is 4.88. The van der Waals surface area contributed by atoms with Gasteiger partial charge in [-0.2, -0.15) is 0 Å². The van der Waals surface area contributed by atoms with Gasteiger partial charge >= 0.3 is 5.97 Å². The molecule has 20 heavy (non-hydrogen) atoms. The molecule has 0 spiro atoms. The van der Waals surface area contributed by atoms with E-state index in [4.69, 9.17) is 5.11 Å². The molecule has 4 nitrogen and oxygen atoms in total. The Bertz CT molecular complexity index is 492. The molecule has 6 heteroatoms. The van der Waals surface area contributed by atoms with Crippen molar-refractivity contribution in [1.29, 1.82) is 0 Å². The number of carbonyl (C=O) groups excluding carboxylic acids is 1. The van der Waals surface area contributed by atoms with E-state index in [0.29, 0.717) is 18.8 Å². The van der Waals surface area contributed by atoms with E-state index in [2.05, 4.69) is 15.9 Å². The lowest BCUT2D eigenvalue weighted by molar-refractivity contribution is -0.138. The van der Waals surface area contributed by atoms with Gasteiger partial charge in [-0.25, -0.2) is 0 Å². The summed E-state index contributed by atoms with van der Waals surface area (Å²) in [5.74, 6) is -0.185. The van der Waals surface area contributed by atoms with Gasteiger partial charge in [0.15, 0.2) is 0 Å². The largest absolute Gasteiger partial charge is 0.481 e. The molecule has 108 valence electrons. The second kappa shape index (κ2) is 7.13. The highest BCUT2D eigenvalue weighted by molar-refractivity contribution is 9.10. The molecule has 1 aliphatic rings. The number of hydrogen-bond acceptors (Lipinski definition) is 3. The van der Waals surface area contributed by atoms with Crippen molar-refractivity contribution in [3.63, 3.8) is 0 Å². The summed E-state index contributed by atoms with van der Waals surface area (Å²) in [5.41, 5.74) is 0. The summed E-state index contributed by atoms with van der Waals surface area (Å²) in [6.07, 6.45) is 0.949. The molecule has 0 aromatic heterocycles. The van der Waals surface area contributed by atoms with Gasteiger partial charge in [0.25, 0.3) is 0 Å². The van der Waals surface area contributed by atoms with Crippen LogP contribution in [0.15, 0.2) is 33.6 Å². The van der Waals surface area contributed by atoms with E-state index >= 15 is 0 Å². The number of likely N-dealkylation sites (tertiary alicyclic amines) is 1. The number of carboxylic acid groups (broad SMARTS) is 1. The van der Waals surface area contributed by atoms with Crippen LogP contribution in [-0.2, 0) is 9.59 Å². The molecule has 0 bridgehead atoms. The number of nitrogens with zero attached hydrogens (tertiary/aromatic N) is 1. The van der Waals surface area contributed by atoms with E-state index in [1.807, 2.05) is 24.3 Å². The van der Waals surface area contributed by atoms with Crippen molar-refractivity contribution >= 4 is 39.6 Å². The quantitative estimate of drug-likeness (QED) is 0.823. The Kier molecular flexibility index (Phi) is 5.48. The fraction of sp³-hybridized carbons (Fsp3) is 0.429. The van der Waals surface area contributed by atoms with E-state index < -0.39 is 5.97 Å². The van der Waals surface area contributed by atoms with Gasteiger partial charge in [-0.05, 0) is 36.6 Å². The maximum atomic E-state index is 12.1. The zero-order valence-electron chi connectivity index (χ0n) is 10.9. The first-order chi connectivity index (χ1) is 9.54. The zero-order chi connectivity index (χ0) is 14.5. The first-order valence-electron chi connectivity index (χ1n) is 6.42. The average molecular weight is 358 g/mol. The molecule has 1 aromatic carbocycles. The second-order valence-corrected chi connectivity index (χ2v) is 6.80. The Morgan fingerprint density at radius 1 is 1.35 bits per heavy atom. The minimum absolute atomic E-state index is 0.0887. The summed E-state index contributed by atoms with van der Waals surface area (Å²) in [5, 5.41) is 8.76. The van der Waals surface area contributed by atoms with Crippen LogP contribution in [0.5, 0.6) is 0 Å². The number of halogens is 1. The normalized spacial score (nSPS) is 18.2. The smallest absolute Gasteiger partial charge is 0.303 e. The highest BCUT2D eigenvalue weighted by Gasteiger charge is 2.27. The van der Waals surface area contributed by atoms with E-state index in [0.717, 1.165) is 15.8 Å². The van der Waals surface area contributed by atoms with E-state index in [9.17, 15) is 9.59 Å². The van der Waals surface area contributed by atoms with Gasteiger partial charge in [-0.1, -0.05) is 15.9 Å². The lowest BCUT2D eigenvalue weighted by Gasteiger charge is -2.15. The predicted molar refractivity (Wildman–Crippen MR) is 81.8 cm³/mol. The van der Waals surface area contributed by atoms with Crippen molar-refractivity contribution in [3.05, 3.63) is 28.7 Å². The highest BCUT2D eigenvalue weighted by Crippen LogP contribution is 2.24. The van der Waals surface area contributed by atoms with Crippen LogP contribution in [0.25, 0.3) is 0 Å². The summed E-state index contributed by atoms with van der Waals surface area (Å²) in [4.78, 5) is 25.6. The molecule has 1 heterocycles. The Hall–Kier alpha value is -1.01. The van der Waals surface area contributed by atoms with E-state index in [1.54, 1.807) is 4.90 Å². The molecule has 1 fully saturated rings. The standard InChI is InChI=1S/C14H16BrNO3S/c15-11-1-3-12(4-2-11)20-9-13(17)16-6-5-10(8-16)7-14(18)19/h1-4,10H,5-9H2,(H,18,19). The van der Waals surface area contributed by atoms with E-state index in [-0.39, 0.29) is 18.2 Å². The van der Waals surface area contributed by atoms with Crippen LogP contribution >= 0.6 is 27.7 Å². The topological polar surface area (TPSA) is 57.6 Å². The van der Waals surface area contributed by atoms with E-state index in [1.165, 1.54) is 11.8 Å². The van der Waals surface area contributed by atoms with Gasteiger partial charge < -0.3 is 10.0 Å². The third-order valence-corrected chi connectivity index (χ3v) is 4.80. The van der Waals surface area contributed by atoms with Crippen LogP contribution in [0.1, 0.15) is 12.8 Å². The molecular weight excluding hydrogens is 342 g/mol. The lowest BCUT2D eigenvalue weighted by Crippen LogP contribution is -2.30. The number of carboxylic acids is 1. The maximum absolute atomic E-state index is 12.1. The molecule has 1 aliphatic heterocycles. The van der Waals surface area contributed by atoms with Gasteiger partial charge in [-0.15, -0.1) is 11.8 Å². The number of carbonyl (C=O) groups is 2. The van der Waals surface area contributed by atoms with Crippen LogP contribution in [-0.4, -0.2) is 40.7 Å². The van der Waals surface area contributed by atoms with Gasteiger partial charge in [0, 0.05) is 28.9 Å². The summed E-state index contributed by atoms with van der Waals surface area (Å²) < 4.78 is 1.02. The maximum Gasteiger partial charge on any atom is 0.303 e. The highest BCUT2D eigenvalue weighted by atomic mass is 79.9. The Labute approximate surface area is 130 Å². The number of hydrogen-bond donors (Lipinski definition) is 1. The summed E-state index contributed by atoms with van der Waals surface area (Å²) in [6, 6.07) is 7.84. The Morgan fingerprint density at radius 2 is 2.05 bits per heavy atom. The predicted octanol–water partition coefficient (Wildman–Crippen LogP) is 2.86. The zero-order valence-corrected chi connectivity index (χ0v) is 13.3. The third-order valence-electron chi connectivity index (χ3n) is 3.28. The minimum atomic E-state index is -0.784. The molecule has 1 saturated heterocycles. The number of thioether (sulfide) groups is 1. The van der Waals surface area contributed by atoms with Crippen LogP contribution < -0.4 is 0 Å². The molecule has 1 amide bonds. The third kappa shape index (κ3) is 4.52. The molecule has 1 unspecified atom stereocenters. The van der Waals surface area contributed by atoms with Crippen molar-refractivity contribution in [3.8, 4) is 0 Å². The molecule has 1 atom stereocenters. The van der Waals surface area contributed by atoms with Crippen molar-refractivity contribution in [1.82, 2.24) is 4.90 Å². The average Bonchev–Trinajstić information content (AvgIpc) is 2.85. The number of amides is 1. The molecule has 1 N–H and O–H groups in total. The molecule has 1 aromatic rings. The van der Waals surface area contributed by atoms with Crippen molar-refractivity contribution < 1.29 is 14.7 Å².